The molecule has 1 aliphatic heterocycles. The molecule has 31 heavy (non-hydrogen) atoms. The number of ether oxygens (including phenoxy) is 2. The number of nitrogens with zero attached hydrogens (tertiary/aromatic N) is 1. The third-order valence-electron chi connectivity index (χ3n) is 5.23. The van der Waals surface area contributed by atoms with Crippen molar-refractivity contribution in [1.82, 2.24) is 5.32 Å². The first-order valence-corrected chi connectivity index (χ1v) is 10.9. The Morgan fingerprint density at radius 2 is 1.90 bits per heavy atom. The van der Waals surface area contributed by atoms with Gasteiger partial charge in [0.25, 0.3) is 11.8 Å². The van der Waals surface area contributed by atoms with Gasteiger partial charge in [-0.05, 0) is 53.8 Å². The van der Waals surface area contributed by atoms with Gasteiger partial charge in [-0.3, -0.25) is 9.59 Å². The lowest BCUT2D eigenvalue weighted by Crippen LogP contribution is -2.41. The molecule has 6 nitrogen and oxygen atoms in total. The van der Waals surface area contributed by atoms with E-state index in [4.69, 9.17) is 21.1 Å². The molecule has 0 saturated carbocycles. The average molecular weight is 457 g/mol. The number of benzene rings is 2. The highest BCUT2D eigenvalue weighted by Crippen LogP contribution is 2.37. The maximum atomic E-state index is 13.4. The number of amides is 2. The molecule has 0 spiro atoms. The second-order valence-corrected chi connectivity index (χ2v) is 8.41. The van der Waals surface area contributed by atoms with E-state index >= 15 is 0 Å². The molecule has 1 aromatic heterocycles. The summed E-state index contributed by atoms with van der Waals surface area (Å²) in [5.74, 6) is 0.739. The minimum atomic E-state index is -0.212. The molecule has 0 aliphatic carbocycles. The number of halogens is 1. The monoisotopic (exact) mass is 456 g/mol. The van der Waals surface area contributed by atoms with Crippen LogP contribution in [0.15, 0.2) is 53.9 Å². The maximum Gasteiger partial charge on any atom is 0.261 e. The summed E-state index contributed by atoms with van der Waals surface area (Å²) in [6, 6.07) is 13.9. The Kier molecular flexibility index (Phi) is 6.15. The second kappa shape index (κ2) is 8.99. The molecule has 0 saturated heterocycles. The van der Waals surface area contributed by atoms with Gasteiger partial charge in [-0.15, -0.1) is 11.3 Å². The number of hydrogen-bond donors (Lipinski definition) is 1. The highest BCUT2D eigenvalue weighted by atomic mass is 35.5. The van der Waals surface area contributed by atoms with Crippen molar-refractivity contribution in [2.75, 3.05) is 25.7 Å². The SMILES string of the molecule is COc1ccc(C(=O)N2CCC(NC(=O)c3cccs3)c3ccc(Cl)cc32)cc1OC. The average Bonchev–Trinajstić information content (AvgIpc) is 3.33. The number of methoxy groups -OCH3 is 2. The third kappa shape index (κ3) is 4.24. The van der Waals surface area contributed by atoms with Gasteiger partial charge in [-0.2, -0.15) is 0 Å². The number of thiophene rings is 1. The summed E-state index contributed by atoms with van der Waals surface area (Å²) >= 11 is 7.65. The van der Waals surface area contributed by atoms with E-state index in [0.29, 0.717) is 45.6 Å². The van der Waals surface area contributed by atoms with Crippen molar-refractivity contribution in [3.05, 3.63) is 74.9 Å². The lowest BCUT2D eigenvalue weighted by atomic mass is 9.95. The predicted molar refractivity (Wildman–Crippen MR) is 122 cm³/mol. The molecule has 0 fully saturated rings. The zero-order chi connectivity index (χ0) is 22.0. The summed E-state index contributed by atoms with van der Waals surface area (Å²) in [4.78, 5) is 28.3. The van der Waals surface area contributed by atoms with Gasteiger partial charge in [0.1, 0.15) is 0 Å². The summed E-state index contributed by atoms with van der Waals surface area (Å²) in [6.07, 6.45) is 0.588. The lowest BCUT2D eigenvalue weighted by molar-refractivity contribution is 0.0937. The van der Waals surface area contributed by atoms with Gasteiger partial charge in [0.2, 0.25) is 0 Å². The Morgan fingerprint density at radius 1 is 1.10 bits per heavy atom. The lowest BCUT2D eigenvalue weighted by Gasteiger charge is -2.35. The van der Waals surface area contributed by atoms with E-state index in [2.05, 4.69) is 5.32 Å². The van der Waals surface area contributed by atoms with Gasteiger partial charge in [0, 0.05) is 17.1 Å². The van der Waals surface area contributed by atoms with Gasteiger partial charge in [-0.25, -0.2) is 0 Å². The zero-order valence-corrected chi connectivity index (χ0v) is 18.6. The van der Waals surface area contributed by atoms with Gasteiger partial charge < -0.3 is 19.7 Å². The van der Waals surface area contributed by atoms with Crippen LogP contribution in [0.1, 0.15) is 38.1 Å². The summed E-state index contributed by atoms with van der Waals surface area (Å²) in [5.41, 5.74) is 2.02. The minimum absolute atomic E-state index is 0.124. The van der Waals surface area contributed by atoms with E-state index in [1.165, 1.54) is 18.4 Å². The first kappa shape index (κ1) is 21.2. The number of anilines is 1. The largest absolute Gasteiger partial charge is 0.493 e. The van der Waals surface area contributed by atoms with Crippen molar-refractivity contribution in [2.24, 2.45) is 0 Å². The summed E-state index contributed by atoms with van der Waals surface area (Å²) in [7, 11) is 3.08. The number of fused-ring (bicyclic) bond motifs is 1. The van der Waals surface area contributed by atoms with Crippen molar-refractivity contribution >= 4 is 40.4 Å². The van der Waals surface area contributed by atoms with Crippen LogP contribution in [0.4, 0.5) is 5.69 Å². The highest BCUT2D eigenvalue weighted by molar-refractivity contribution is 7.12. The fourth-order valence-electron chi connectivity index (χ4n) is 3.70. The third-order valence-corrected chi connectivity index (χ3v) is 6.33. The number of carbonyl (C=O) groups excluding carboxylic acids is 2. The molecule has 1 aliphatic rings. The van der Waals surface area contributed by atoms with Crippen molar-refractivity contribution in [3.8, 4) is 11.5 Å². The van der Waals surface area contributed by atoms with Crippen LogP contribution in [-0.4, -0.2) is 32.6 Å². The van der Waals surface area contributed by atoms with E-state index in [-0.39, 0.29) is 17.9 Å². The van der Waals surface area contributed by atoms with E-state index in [1.54, 1.807) is 48.4 Å². The maximum absolute atomic E-state index is 13.4. The first-order valence-electron chi connectivity index (χ1n) is 9.69. The molecule has 0 bridgehead atoms. The Balaban J connectivity index is 1.64. The quantitative estimate of drug-likeness (QED) is 0.590. The molecule has 0 radical (unpaired) electrons. The Bertz CT molecular complexity index is 1120. The summed E-state index contributed by atoms with van der Waals surface area (Å²) in [5, 5.41) is 5.47. The normalized spacial score (nSPS) is 15.2. The number of rotatable bonds is 5. The predicted octanol–water partition coefficient (Wildman–Crippen LogP) is 4.94. The van der Waals surface area contributed by atoms with Crippen molar-refractivity contribution < 1.29 is 19.1 Å². The molecular weight excluding hydrogens is 436 g/mol. The smallest absolute Gasteiger partial charge is 0.261 e. The van der Waals surface area contributed by atoms with Crippen molar-refractivity contribution in [1.29, 1.82) is 0 Å². The summed E-state index contributed by atoms with van der Waals surface area (Å²) < 4.78 is 10.6. The molecule has 2 heterocycles. The Labute approximate surface area is 189 Å². The number of carbonyl (C=O) groups is 2. The molecule has 2 aromatic carbocycles. The van der Waals surface area contributed by atoms with Crippen LogP contribution in [0.5, 0.6) is 11.5 Å². The summed E-state index contributed by atoms with van der Waals surface area (Å²) in [6.45, 7) is 0.440. The fraction of sp³-hybridized carbons (Fsp3) is 0.217. The molecule has 2 amide bonds. The van der Waals surface area contributed by atoms with Crippen LogP contribution in [0.3, 0.4) is 0 Å². The van der Waals surface area contributed by atoms with Crippen LogP contribution in [0, 0.1) is 0 Å². The second-order valence-electron chi connectivity index (χ2n) is 7.02. The molecule has 1 atom stereocenters. The van der Waals surface area contributed by atoms with Crippen molar-refractivity contribution in [3.63, 3.8) is 0 Å². The standard InChI is InChI=1S/C23H21ClN2O4S/c1-29-19-8-5-14(12-20(19)30-2)23(28)26-10-9-17(16-7-6-15(24)13-18(16)26)25-22(27)21-4-3-11-31-21/h3-8,11-13,17H,9-10H2,1-2H3,(H,25,27). The van der Waals surface area contributed by atoms with Gasteiger partial charge in [0.15, 0.2) is 11.5 Å². The minimum Gasteiger partial charge on any atom is -0.493 e. The molecule has 8 heteroatoms. The zero-order valence-electron chi connectivity index (χ0n) is 17.1. The van der Waals surface area contributed by atoms with Crippen LogP contribution >= 0.6 is 22.9 Å². The highest BCUT2D eigenvalue weighted by Gasteiger charge is 2.31. The van der Waals surface area contributed by atoms with Gasteiger partial charge >= 0.3 is 0 Å². The molecule has 160 valence electrons. The molecule has 4 rings (SSSR count). The number of nitrogens with one attached hydrogen (secondary N) is 1. The van der Waals surface area contributed by atoms with Crippen LogP contribution in [0.2, 0.25) is 5.02 Å². The molecule has 1 N–H and O–H groups in total. The Morgan fingerprint density at radius 3 is 2.61 bits per heavy atom. The van der Waals surface area contributed by atoms with Crippen LogP contribution in [-0.2, 0) is 0 Å². The Hall–Kier alpha value is -3.03. The molecule has 3 aromatic rings. The first-order chi connectivity index (χ1) is 15.0. The van der Waals surface area contributed by atoms with Gasteiger partial charge in [-0.1, -0.05) is 23.7 Å². The molecular formula is C23H21ClN2O4S. The van der Waals surface area contributed by atoms with E-state index < -0.39 is 0 Å². The topological polar surface area (TPSA) is 67.9 Å². The molecule has 1 unspecified atom stereocenters. The fourth-order valence-corrected chi connectivity index (χ4v) is 4.50. The van der Waals surface area contributed by atoms with E-state index in [0.717, 1.165) is 5.56 Å². The van der Waals surface area contributed by atoms with Crippen LogP contribution in [0.25, 0.3) is 0 Å². The van der Waals surface area contributed by atoms with Crippen LogP contribution < -0.4 is 19.7 Å². The van der Waals surface area contributed by atoms with E-state index in [9.17, 15) is 9.59 Å². The number of hydrogen-bond acceptors (Lipinski definition) is 5. The van der Waals surface area contributed by atoms with Gasteiger partial charge in [0.05, 0.1) is 30.8 Å². The van der Waals surface area contributed by atoms with Crippen molar-refractivity contribution in [2.45, 2.75) is 12.5 Å². The van der Waals surface area contributed by atoms with E-state index in [1.807, 2.05) is 17.5 Å².